The van der Waals surface area contributed by atoms with Crippen LogP contribution in [-0.4, -0.2) is 46.5 Å². The summed E-state index contributed by atoms with van der Waals surface area (Å²) in [6, 6.07) is 8.56. The number of hydrogen-bond acceptors (Lipinski definition) is 3. The fraction of sp³-hybridized carbons (Fsp3) is 0.611. The summed E-state index contributed by atoms with van der Waals surface area (Å²) in [5.41, 5.74) is 2.45. The number of nitrogens with one attached hydrogen (secondary N) is 2. The summed E-state index contributed by atoms with van der Waals surface area (Å²) in [6.07, 6.45) is 3.23. The first-order valence-electron chi connectivity index (χ1n) is 8.42. The molecule has 0 saturated heterocycles. The highest BCUT2D eigenvalue weighted by molar-refractivity contribution is 14.0. The van der Waals surface area contributed by atoms with Crippen molar-refractivity contribution in [2.45, 2.75) is 32.6 Å². The van der Waals surface area contributed by atoms with E-state index in [-0.39, 0.29) is 35.1 Å². The van der Waals surface area contributed by atoms with Gasteiger partial charge >= 0.3 is 0 Å². The molecule has 2 N–H and O–H groups in total. The minimum atomic E-state index is -2.94. The van der Waals surface area contributed by atoms with Crippen LogP contribution in [0.15, 0.2) is 29.3 Å². The molecule has 1 unspecified atom stereocenters. The Kier molecular flexibility index (Phi) is 8.18. The lowest BCUT2D eigenvalue weighted by Gasteiger charge is -2.19. The SMILES string of the molecule is CN=C(NCC(C)c1ccc(C)cc1)NCC1(CS(C)(=O)=O)CC1.I. The Morgan fingerprint density at radius 3 is 2.32 bits per heavy atom. The second-order valence-electron chi connectivity index (χ2n) is 7.19. The monoisotopic (exact) mass is 479 g/mol. The molecule has 0 aromatic heterocycles. The highest BCUT2D eigenvalue weighted by Gasteiger charge is 2.45. The van der Waals surface area contributed by atoms with E-state index >= 15 is 0 Å². The average Bonchev–Trinajstić information content (AvgIpc) is 3.25. The molecule has 0 radical (unpaired) electrons. The molecule has 5 nitrogen and oxygen atoms in total. The van der Waals surface area contributed by atoms with Crippen molar-refractivity contribution in [1.82, 2.24) is 10.6 Å². The van der Waals surface area contributed by atoms with Gasteiger partial charge in [-0.05, 0) is 31.2 Å². The van der Waals surface area contributed by atoms with Gasteiger partial charge in [0.25, 0.3) is 0 Å². The van der Waals surface area contributed by atoms with Crippen LogP contribution in [0.25, 0.3) is 0 Å². The minimum Gasteiger partial charge on any atom is -0.356 e. The maximum absolute atomic E-state index is 11.5. The standard InChI is InChI=1S/C18H29N3O2S.HI/c1-14-5-7-16(8-6-14)15(2)11-20-17(19-3)21-12-18(9-10-18)13-24(4,22)23;/h5-8,15H,9-13H2,1-4H3,(H2,19,20,21);1H. The number of hydrogen-bond donors (Lipinski definition) is 2. The number of sulfone groups is 1. The summed E-state index contributed by atoms with van der Waals surface area (Å²) in [7, 11) is -1.20. The first-order valence-corrected chi connectivity index (χ1v) is 10.5. The van der Waals surface area contributed by atoms with Crippen LogP contribution in [0.3, 0.4) is 0 Å². The van der Waals surface area contributed by atoms with Crippen LogP contribution in [0.4, 0.5) is 0 Å². The van der Waals surface area contributed by atoms with Crippen LogP contribution < -0.4 is 10.6 Å². The zero-order valence-corrected chi connectivity index (χ0v) is 18.6. The van der Waals surface area contributed by atoms with Gasteiger partial charge in [-0.2, -0.15) is 0 Å². The van der Waals surface area contributed by atoms with Crippen molar-refractivity contribution in [3.05, 3.63) is 35.4 Å². The fourth-order valence-corrected chi connectivity index (χ4v) is 4.36. The molecule has 1 aromatic rings. The highest BCUT2D eigenvalue weighted by atomic mass is 127. The molecule has 1 aromatic carbocycles. The Balaban J connectivity index is 0.00000312. The molecule has 0 amide bonds. The summed E-state index contributed by atoms with van der Waals surface area (Å²) >= 11 is 0. The van der Waals surface area contributed by atoms with Crippen molar-refractivity contribution in [1.29, 1.82) is 0 Å². The van der Waals surface area contributed by atoms with Crippen molar-refractivity contribution < 1.29 is 8.42 Å². The maximum atomic E-state index is 11.5. The summed E-state index contributed by atoms with van der Waals surface area (Å²) in [4.78, 5) is 4.24. The Labute approximate surface area is 169 Å². The van der Waals surface area contributed by atoms with Crippen LogP contribution in [0.1, 0.15) is 36.8 Å². The zero-order valence-electron chi connectivity index (χ0n) is 15.5. The number of guanidine groups is 1. The summed E-state index contributed by atoms with van der Waals surface area (Å²) in [5.74, 6) is 1.35. The number of benzene rings is 1. The van der Waals surface area contributed by atoms with E-state index in [0.29, 0.717) is 12.5 Å². The minimum absolute atomic E-state index is 0. The molecule has 0 spiro atoms. The number of aliphatic imine (C=N–C) groups is 1. The van der Waals surface area contributed by atoms with Gasteiger partial charge in [-0.15, -0.1) is 24.0 Å². The molecular formula is C18H30IN3O2S. The molecule has 1 aliphatic rings. The lowest BCUT2D eigenvalue weighted by atomic mass is 10.0. The van der Waals surface area contributed by atoms with E-state index in [4.69, 9.17) is 0 Å². The predicted octanol–water partition coefficient (Wildman–Crippen LogP) is 2.71. The number of rotatable bonds is 7. The van der Waals surface area contributed by atoms with Crippen LogP contribution in [-0.2, 0) is 9.84 Å². The van der Waals surface area contributed by atoms with Crippen molar-refractivity contribution >= 4 is 39.8 Å². The molecule has 1 aliphatic carbocycles. The van der Waals surface area contributed by atoms with Crippen LogP contribution in [0.2, 0.25) is 0 Å². The lowest BCUT2D eigenvalue weighted by Crippen LogP contribution is -2.42. The summed E-state index contributed by atoms with van der Waals surface area (Å²) in [5, 5.41) is 6.62. The third-order valence-electron chi connectivity index (χ3n) is 4.60. The molecule has 1 saturated carbocycles. The molecule has 142 valence electrons. The van der Waals surface area contributed by atoms with E-state index in [2.05, 4.69) is 53.7 Å². The van der Waals surface area contributed by atoms with Gasteiger partial charge < -0.3 is 10.6 Å². The molecule has 1 fully saturated rings. The van der Waals surface area contributed by atoms with Crippen molar-refractivity contribution in [3.63, 3.8) is 0 Å². The van der Waals surface area contributed by atoms with Crippen molar-refractivity contribution in [2.24, 2.45) is 10.4 Å². The summed E-state index contributed by atoms with van der Waals surface area (Å²) in [6.45, 7) is 5.69. The van der Waals surface area contributed by atoms with E-state index in [1.807, 2.05) is 0 Å². The number of nitrogens with zero attached hydrogens (tertiary/aromatic N) is 1. The lowest BCUT2D eigenvalue weighted by molar-refractivity contribution is 0.528. The second kappa shape index (κ2) is 9.21. The Hall–Kier alpha value is -0.830. The van der Waals surface area contributed by atoms with E-state index in [1.54, 1.807) is 7.05 Å². The van der Waals surface area contributed by atoms with Gasteiger partial charge in [-0.3, -0.25) is 4.99 Å². The third kappa shape index (κ3) is 7.52. The molecule has 1 atom stereocenters. The molecule has 2 rings (SSSR count). The van der Waals surface area contributed by atoms with Gasteiger partial charge in [0.05, 0.1) is 5.75 Å². The Morgan fingerprint density at radius 1 is 1.24 bits per heavy atom. The fourth-order valence-electron chi connectivity index (χ4n) is 2.86. The van der Waals surface area contributed by atoms with Crippen LogP contribution in [0, 0.1) is 12.3 Å². The highest BCUT2D eigenvalue weighted by Crippen LogP contribution is 2.45. The second-order valence-corrected chi connectivity index (χ2v) is 9.33. The molecular weight excluding hydrogens is 449 g/mol. The summed E-state index contributed by atoms with van der Waals surface area (Å²) < 4.78 is 23.0. The first-order chi connectivity index (χ1) is 11.2. The van der Waals surface area contributed by atoms with Gasteiger partial charge in [-0.25, -0.2) is 8.42 Å². The zero-order chi connectivity index (χ0) is 17.8. The largest absolute Gasteiger partial charge is 0.356 e. The van der Waals surface area contributed by atoms with Crippen LogP contribution >= 0.6 is 24.0 Å². The molecule has 0 aliphatic heterocycles. The first kappa shape index (κ1) is 22.2. The van der Waals surface area contributed by atoms with E-state index < -0.39 is 9.84 Å². The van der Waals surface area contributed by atoms with Gasteiger partial charge in [-0.1, -0.05) is 36.8 Å². The normalized spacial score (nSPS) is 17.4. The smallest absolute Gasteiger partial charge is 0.191 e. The molecule has 0 heterocycles. The quantitative estimate of drug-likeness (QED) is 0.359. The van der Waals surface area contributed by atoms with E-state index in [0.717, 1.165) is 25.3 Å². The van der Waals surface area contributed by atoms with Gasteiger partial charge in [0.15, 0.2) is 5.96 Å². The molecule has 7 heteroatoms. The van der Waals surface area contributed by atoms with Crippen LogP contribution in [0.5, 0.6) is 0 Å². The molecule has 0 bridgehead atoms. The van der Waals surface area contributed by atoms with Gasteiger partial charge in [0.1, 0.15) is 9.84 Å². The topological polar surface area (TPSA) is 70.6 Å². The van der Waals surface area contributed by atoms with E-state index in [9.17, 15) is 8.42 Å². The number of aryl methyl sites for hydroxylation is 1. The Bertz CT molecular complexity index is 683. The third-order valence-corrected chi connectivity index (χ3v) is 5.74. The number of halogens is 1. The van der Waals surface area contributed by atoms with Crippen molar-refractivity contribution in [3.8, 4) is 0 Å². The maximum Gasteiger partial charge on any atom is 0.191 e. The Morgan fingerprint density at radius 2 is 1.84 bits per heavy atom. The van der Waals surface area contributed by atoms with Gasteiger partial charge in [0, 0.05) is 31.8 Å². The molecule has 25 heavy (non-hydrogen) atoms. The van der Waals surface area contributed by atoms with Crippen molar-refractivity contribution in [2.75, 3.05) is 32.1 Å². The van der Waals surface area contributed by atoms with E-state index in [1.165, 1.54) is 17.4 Å². The van der Waals surface area contributed by atoms with Gasteiger partial charge in [0.2, 0.25) is 0 Å². The average molecular weight is 479 g/mol. The predicted molar refractivity (Wildman–Crippen MR) is 116 cm³/mol.